The maximum Gasteiger partial charge on any atom is 0.191 e. The van der Waals surface area contributed by atoms with Crippen LogP contribution in [0.3, 0.4) is 0 Å². The minimum atomic E-state index is 0.659. The van der Waals surface area contributed by atoms with E-state index in [0.717, 1.165) is 35.3 Å². The Morgan fingerprint density at radius 3 is 2.91 bits per heavy atom. The van der Waals surface area contributed by atoms with Crippen LogP contribution in [-0.2, 0) is 19.3 Å². The highest BCUT2D eigenvalue weighted by molar-refractivity contribution is 7.98. The highest BCUT2D eigenvalue weighted by Gasteiger charge is 2.13. The number of aryl methyl sites for hydroxylation is 1. The Hall–Kier alpha value is -2.29. The second-order valence-electron chi connectivity index (χ2n) is 4.71. The van der Waals surface area contributed by atoms with Gasteiger partial charge in [0, 0.05) is 31.5 Å². The van der Waals surface area contributed by atoms with Crippen molar-refractivity contribution in [1.29, 1.82) is 0 Å². The van der Waals surface area contributed by atoms with Gasteiger partial charge in [-0.15, -0.1) is 15.3 Å². The topological polar surface area (TPSA) is 87.2 Å². The van der Waals surface area contributed by atoms with E-state index in [1.807, 2.05) is 28.4 Å². The number of nitrogens with zero attached hydrogens (tertiary/aromatic N) is 8. The van der Waals surface area contributed by atoms with Gasteiger partial charge in [-0.2, -0.15) is 0 Å². The Morgan fingerprint density at radius 1 is 1.23 bits per heavy atom. The van der Waals surface area contributed by atoms with E-state index in [4.69, 9.17) is 0 Å². The van der Waals surface area contributed by atoms with Crippen LogP contribution in [0.4, 0.5) is 0 Å². The van der Waals surface area contributed by atoms with Crippen molar-refractivity contribution in [2.24, 2.45) is 7.05 Å². The Kier molecular flexibility index (Phi) is 4.42. The number of thioether (sulfide) groups is 1. The maximum atomic E-state index is 4.24. The first-order valence-electron chi connectivity index (χ1n) is 6.97. The molecule has 0 fully saturated rings. The first kappa shape index (κ1) is 14.6. The van der Waals surface area contributed by atoms with Crippen LogP contribution in [0.2, 0.25) is 0 Å². The third-order valence-electron chi connectivity index (χ3n) is 3.13. The lowest BCUT2D eigenvalue weighted by atomic mass is 10.3. The Labute approximate surface area is 132 Å². The summed E-state index contributed by atoms with van der Waals surface area (Å²) in [5.41, 5.74) is 0.945. The lowest BCUT2D eigenvalue weighted by Gasteiger charge is -2.04. The lowest BCUT2D eigenvalue weighted by molar-refractivity contribution is 0.564. The highest BCUT2D eigenvalue weighted by atomic mass is 32.2. The van der Waals surface area contributed by atoms with E-state index in [2.05, 4.69) is 37.6 Å². The molecule has 0 unspecified atom stereocenters. The molecule has 3 aromatic heterocycles. The summed E-state index contributed by atoms with van der Waals surface area (Å²) >= 11 is 1.57. The van der Waals surface area contributed by atoms with Crippen LogP contribution in [0.1, 0.15) is 19.2 Å². The zero-order chi connectivity index (χ0) is 15.4. The minimum Gasteiger partial charge on any atom is -0.305 e. The molecule has 22 heavy (non-hydrogen) atoms. The second kappa shape index (κ2) is 6.65. The normalized spacial score (nSPS) is 11.0. The van der Waals surface area contributed by atoms with Gasteiger partial charge in [0.15, 0.2) is 16.8 Å². The highest BCUT2D eigenvalue weighted by Crippen LogP contribution is 2.24. The summed E-state index contributed by atoms with van der Waals surface area (Å²) in [6, 6.07) is 3.85. The van der Waals surface area contributed by atoms with Gasteiger partial charge in [0.2, 0.25) is 0 Å². The molecule has 0 bridgehead atoms. The van der Waals surface area contributed by atoms with Gasteiger partial charge in [-0.1, -0.05) is 18.7 Å². The Morgan fingerprint density at radius 2 is 2.14 bits per heavy atom. The van der Waals surface area contributed by atoms with Crippen LogP contribution < -0.4 is 0 Å². The summed E-state index contributed by atoms with van der Waals surface area (Å²) in [6.45, 7) is 2.92. The second-order valence-corrected chi connectivity index (χ2v) is 5.66. The molecular weight excluding hydrogens is 300 g/mol. The van der Waals surface area contributed by atoms with Gasteiger partial charge >= 0.3 is 0 Å². The fraction of sp³-hybridized carbons (Fsp3) is 0.385. The smallest absolute Gasteiger partial charge is 0.191 e. The summed E-state index contributed by atoms with van der Waals surface area (Å²) in [7, 11) is 1.94. The molecule has 8 nitrogen and oxygen atoms in total. The summed E-state index contributed by atoms with van der Waals surface area (Å²) < 4.78 is 3.78. The molecule has 0 saturated heterocycles. The van der Waals surface area contributed by atoms with Crippen molar-refractivity contribution in [3.8, 4) is 11.4 Å². The van der Waals surface area contributed by atoms with Crippen LogP contribution in [0, 0.1) is 0 Å². The molecule has 0 saturated carbocycles. The molecule has 0 aliphatic heterocycles. The van der Waals surface area contributed by atoms with Crippen molar-refractivity contribution < 1.29 is 0 Å². The number of rotatable bonds is 6. The molecule has 0 aromatic carbocycles. The fourth-order valence-corrected chi connectivity index (χ4v) is 2.87. The van der Waals surface area contributed by atoms with Crippen molar-refractivity contribution >= 4 is 11.8 Å². The molecular formula is C13H16N8S. The van der Waals surface area contributed by atoms with Gasteiger partial charge in [0.05, 0.1) is 5.75 Å². The average molecular weight is 316 g/mol. The average Bonchev–Trinajstić information content (AvgIpc) is 3.13. The first-order valence-corrected chi connectivity index (χ1v) is 7.95. The molecule has 0 aliphatic rings. The summed E-state index contributed by atoms with van der Waals surface area (Å²) in [4.78, 5) is 4.11. The number of aromatic nitrogens is 8. The third-order valence-corrected chi connectivity index (χ3v) is 4.14. The molecule has 9 heteroatoms. The van der Waals surface area contributed by atoms with E-state index in [0.29, 0.717) is 5.75 Å². The van der Waals surface area contributed by atoms with E-state index < -0.39 is 0 Å². The molecule has 0 radical (unpaired) electrons. The van der Waals surface area contributed by atoms with Crippen molar-refractivity contribution in [3.63, 3.8) is 0 Å². The van der Waals surface area contributed by atoms with Crippen LogP contribution in [0.5, 0.6) is 0 Å². The lowest BCUT2D eigenvalue weighted by Crippen LogP contribution is -2.04. The molecule has 0 spiro atoms. The van der Waals surface area contributed by atoms with Crippen molar-refractivity contribution in [1.82, 2.24) is 40.0 Å². The van der Waals surface area contributed by atoms with E-state index in [1.165, 1.54) is 0 Å². The van der Waals surface area contributed by atoms with E-state index >= 15 is 0 Å². The number of hydrogen-bond acceptors (Lipinski definition) is 7. The number of hydrogen-bond donors (Lipinski definition) is 0. The van der Waals surface area contributed by atoms with E-state index in [-0.39, 0.29) is 0 Å². The Bertz CT molecular complexity index is 736. The zero-order valence-corrected chi connectivity index (χ0v) is 13.2. The van der Waals surface area contributed by atoms with Crippen molar-refractivity contribution in [2.75, 3.05) is 0 Å². The maximum absolute atomic E-state index is 4.24. The van der Waals surface area contributed by atoms with Crippen molar-refractivity contribution in [3.05, 3.63) is 30.4 Å². The number of tetrazole rings is 1. The molecule has 0 aliphatic carbocycles. The van der Waals surface area contributed by atoms with E-state index in [1.54, 1.807) is 24.2 Å². The quantitative estimate of drug-likeness (QED) is 0.638. The zero-order valence-electron chi connectivity index (χ0n) is 12.4. The predicted octanol–water partition coefficient (Wildman–Crippen LogP) is 1.57. The van der Waals surface area contributed by atoms with Crippen LogP contribution in [-0.4, -0.2) is 40.0 Å². The molecule has 0 amide bonds. The van der Waals surface area contributed by atoms with Gasteiger partial charge in [0.1, 0.15) is 0 Å². The molecule has 3 rings (SSSR count). The summed E-state index contributed by atoms with van der Waals surface area (Å²) in [6.07, 6.45) is 4.52. The van der Waals surface area contributed by atoms with E-state index in [9.17, 15) is 0 Å². The van der Waals surface area contributed by atoms with Gasteiger partial charge in [0.25, 0.3) is 0 Å². The number of pyridine rings is 1. The molecule has 3 heterocycles. The SMILES string of the molecule is CCCn1nnnc1CSc1nnc(-c2cccnc2)n1C. The monoisotopic (exact) mass is 316 g/mol. The Balaban J connectivity index is 1.74. The predicted molar refractivity (Wildman–Crippen MR) is 81.9 cm³/mol. The minimum absolute atomic E-state index is 0.659. The van der Waals surface area contributed by atoms with Gasteiger partial charge in [-0.25, -0.2) is 4.68 Å². The third kappa shape index (κ3) is 2.98. The standard InChI is InChI=1S/C13H16N8S/c1-3-7-21-11(15-18-19-21)9-22-13-17-16-12(20(13)2)10-5-4-6-14-8-10/h4-6,8H,3,7,9H2,1-2H3. The van der Waals surface area contributed by atoms with Gasteiger partial charge in [-0.05, 0) is 29.0 Å². The van der Waals surface area contributed by atoms with Crippen LogP contribution in [0.15, 0.2) is 29.7 Å². The molecule has 0 atom stereocenters. The molecule has 0 N–H and O–H groups in total. The van der Waals surface area contributed by atoms with Crippen molar-refractivity contribution in [2.45, 2.75) is 30.8 Å². The van der Waals surface area contributed by atoms with Gasteiger partial charge in [-0.3, -0.25) is 4.98 Å². The summed E-state index contributed by atoms with van der Waals surface area (Å²) in [5, 5.41) is 21.1. The first-order chi connectivity index (χ1) is 10.8. The summed E-state index contributed by atoms with van der Waals surface area (Å²) in [5.74, 6) is 2.30. The fourth-order valence-electron chi connectivity index (χ4n) is 2.03. The molecule has 3 aromatic rings. The van der Waals surface area contributed by atoms with Gasteiger partial charge < -0.3 is 4.57 Å². The van der Waals surface area contributed by atoms with Crippen LogP contribution in [0.25, 0.3) is 11.4 Å². The molecule has 114 valence electrons. The largest absolute Gasteiger partial charge is 0.305 e. The van der Waals surface area contributed by atoms with Crippen LogP contribution >= 0.6 is 11.8 Å².